The van der Waals surface area contributed by atoms with Crippen LogP contribution in [-0.2, 0) is 13.3 Å². The summed E-state index contributed by atoms with van der Waals surface area (Å²) in [4.78, 5) is 0. The van der Waals surface area contributed by atoms with Gasteiger partial charge in [0.15, 0.2) is 0 Å². The minimum Gasteiger partial charge on any atom is -0.374 e. The van der Waals surface area contributed by atoms with Crippen molar-refractivity contribution in [2.24, 2.45) is 0 Å². The average Bonchev–Trinajstić information content (AvgIpc) is 2.16. The lowest BCUT2D eigenvalue weighted by atomic mass is 10.5. The highest BCUT2D eigenvalue weighted by molar-refractivity contribution is 6.60. The van der Waals surface area contributed by atoms with Crippen LogP contribution in [0.2, 0.25) is 6.04 Å². The number of hydrogen-bond donors (Lipinski definition) is 0. The van der Waals surface area contributed by atoms with Crippen molar-refractivity contribution >= 4 is 8.80 Å². The van der Waals surface area contributed by atoms with Crippen LogP contribution in [0.5, 0.6) is 0 Å². The zero-order valence-electron chi connectivity index (χ0n) is 9.34. The Hall–Kier alpha value is -0.343. The molecule has 0 amide bonds. The molecule has 0 aromatic carbocycles. The minimum atomic E-state index is -2.46. The molecule has 0 bridgehead atoms. The SMILES string of the molecule is C#CCC[Si](OCC)(OCC)OCC. The zero-order chi connectivity index (χ0) is 10.9. The molecule has 0 aliphatic heterocycles. The first-order chi connectivity index (χ1) is 6.74. The smallest absolute Gasteiger partial charge is 0.374 e. The first-order valence-electron chi connectivity index (χ1n) is 5.10. The molecular formula is C10H20O3Si. The summed E-state index contributed by atoms with van der Waals surface area (Å²) >= 11 is 0. The lowest BCUT2D eigenvalue weighted by molar-refractivity contribution is 0.0717. The molecule has 0 aliphatic rings. The Morgan fingerprint density at radius 2 is 1.43 bits per heavy atom. The number of terminal acetylenes is 1. The molecule has 0 aromatic heterocycles. The van der Waals surface area contributed by atoms with Crippen molar-refractivity contribution in [1.82, 2.24) is 0 Å². The van der Waals surface area contributed by atoms with Crippen LogP contribution < -0.4 is 0 Å². The van der Waals surface area contributed by atoms with Gasteiger partial charge in [0, 0.05) is 32.3 Å². The first-order valence-corrected chi connectivity index (χ1v) is 7.03. The van der Waals surface area contributed by atoms with Gasteiger partial charge in [-0.15, -0.1) is 12.3 Å². The summed E-state index contributed by atoms with van der Waals surface area (Å²) < 4.78 is 16.8. The van der Waals surface area contributed by atoms with E-state index in [1.807, 2.05) is 20.8 Å². The van der Waals surface area contributed by atoms with E-state index >= 15 is 0 Å². The zero-order valence-corrected chi connectivity index (χ0v) is 10.3. The summed E-state index contributed by atoms with van der Waals surface area (Å²) in [6.07, 6.45) is 5.87. The predicted molar refractivity (Wildman–Crippen MR) is 58.9 cm³/mol. The van der Waals surface area contributed by atoms with Crippen LogP contribution in [0.25, 0.3) is 0 Å². The molecule has 0 heterocycles. The fraction of sp³-hybridized carbons (Fsp3) is 0.800. The first kappa shape index (κ1) is 13.7. The molecule has 0 unspecified atom stereocenters. The Bertz CT molecular complexity index is 160. The van der Waals surface area contributed by atoms with Gasteiger partial charge in [-0.25, -0.2) is 0 Å². The van der Waals surface area contributed by atoms with Crippen molar-refractivity contribution in [2.75, 3.05) is 19.8 Å². The Morgan fingerprint density at radius 1 is 1.00 bits per heavy atom. The van der Waals surface area contributed by atoms with Gasteiger partial charge in [-0.05, 0) is 20.8 Å². The van der Waals surface area contributed by atoms with E-state index in [0.29, 0.717) is 32.3 Å². The van der Waals surface area contributed by atoms with Gasteiger partial charge < -0.3 is 13.3 Å². The number of rotatable bonds is 8. The third kappa shape index (κ3) is 4.77. The highest BCUT2D eigenvalue weighted by Gasteiger charge is 2.39. The lowest BCUT2D eigenvalue weighted by Crippen LogP contribution is -2.45. The van der Waals surface area contributed by atoms with E-state index in [0.717, 1.165) is 0 Å². The summed E-state index contributed by atoms with van der Waals surface area (Å²) in [5.41, 5.74) is 0. The lowest BCUT2D eigenvalue weighted by Gasteiger charge is -2.27. The molecule has 4 heteroatoms. The van der Waals surface area contributed by atoms with Crippen LogP contribution in [0.15, 0.2) is 0 Å². The van der Waals surface area contributed by atoms with E-state index in [1.165, 1.54) is 0 Å². The standard InChI is InChI=1S/C10H20O3Si/c1-5-9-10-14(11-6-2,12-7-3)13-8-4/h1H,6-10H2,2-4H3. The minimum absolute atomic E-state index is 0.608. The number of hydrogen-bond acceptors (Lipinski definition) is 3. The van der Waals surface area contributed by atoms with Crippen LogP contribution >= 0.6 is 0 Å². The van der Waals surface area contributed by atoms with Crippen molar-refractivity contribution in [1.29, 1.82) is 0 Å². The third-order valence-corrected chi connectivity index (χ3v) is 4.72. The fourth-order valence-electron chi connectivity index (χ4n) is 1.23. The summed E-state index contributed by atoms with van der Waals surface area (Å²) in [6, 6.07) is 0.707. The van der Waals surface area contributed by atoms with Crippen molar-refractivity contribution in [3.8, 4) is 12.3 Å². The van der Waals surface area contributed by atoms with Gasteiger partial charge in [-0.1, -0.05) is 0 Å². The van der Waals surface area contributed by atoms with Gasteiger partial charge in [0.2, 0.25) is 0 Å². The van der Waals surface area contributed by atoms with Crippen LogP contribution in [-0.4, -0.2) is 28.6 Å². The fourth-order valence-corrected chi connectivity index (χ4v) is 3.68. The molecule has 0 aromatic rings. The average molecular weight is 216 g/mol. The quantitative estimate of drug-likeness (QED) is 0.459. The summed E-state index contributed by atoms with van der Waals surface area (Å²) in [5.74, 6) is 2.59. The molecule has 0 rings (SSSR count). The molecule has 0 spiro atoms. The Labute approximate surface area is 88.1 Å². The summed E-state index contributed by atoms with van der Waals surface area (Å²) in [5, 5.41) is 0. The van der Waals surface area contributed by atoms with E-state index in [2.05, 4.69) is 5.92 Å². The molecule has 82 valence electrons. The maximum absolute atomic E-state index is 5.61. The highest BCUT2D eigenvalue weighted by Crippen LogP contribution is 2.17. The molecule has 3 nitrogen and oxygen atoms in total. The van der Waals surface area contributed by atoms with E-state index in [-0.39, 0.29) is 0 Å². The normalized spacial score (nSPS) is 11.3. The van der Waals surface area contributed by atoms with Gasteiger partial charge in [-0.2, -0.15) is 0 Å². The molecular weight excluding hydrogens is 196 g/mol. The van der Waals surface area contributed by atoms with Crippen molar-refractivity contribution < 1.29 is 13.3 Å². The van der Waals surface area contributed by atoms with E-state index < -0.39 is 8.80 Å². The predicted octanol–water partition coefficient (Wildman–Crippen LogP) is 2.06. The molecule has 0 fully saturated rings. The van der Waals surface area contributed by atoms with Crippen LogP contribution in [0.4, 0.5) is 0 Å². The van der Waals surface area contributed by atoms with Gasteiger partial charge in [0.1, 0.15) is 0 Å². The van der Waals surface area contributed by atoms with Crippen molar-refractivity contribution in [2.45, 2.75) is 33.2 Å². The largest absolute Gasteiger partial charge is 0.501 e. The van der Waals surface area contributed by atoms with Crippen LogP contribution in [0.1, 0.15) is 27.2 Å². The van der Waals surface area contributed by atoms with Crippen LogP contribution in [0.3, 0.4) is 0 Å². The Morgan fingerprint density at radius 3 is 1.71 bits per heavy atom. The molecule has 0 saturated carbocycles. The second-order valence-corrected chi connectivity index (χ2v) is 5.42. The van der Waals surface area contributed by atoms with Gasteiger partial charge in [-0.3, -0.25) is 0 Å². The Balaban J connectivity index is 4.30. The molecule has 14 heavy (non-hydrogen) atoms. The molecule has 0 saturated heterocycles. The third-order valence-electron chi connectivity index (χ3n) is 1.67. The Kier molecular flexibility index (Phi) is 7.81. The maximum Gasteiger partial charge on any atom is 0.501 e. The monoisotopic (exact) mass is 216 g/mol. The van der Waals surface area contributed by atoms with E-state index in [4.69, 9.17) is 19.7 Å². The molecule has 0 atom stereocenters. The van der Waals surface area contributed by atoms with Crippen molar-refractivity contribution in [3.63, 3.8) is 0 Å². The van der Waals surface area contributed by atoms with Gasteiger partial charge in [0.25, 0.3) is 0 Å². The van der Waals surface area contributed by atoms with Crippen molar-refractivity contribution in [3.05, 3.63) is 0 Å². The molecule has 0 N–H and O–H groups in total. The highest BCUT2D eigenvalue weighted by atomic mass is 28.4. The summed E-state index contributed by atoms with van der Waals surface area (Å²) in [7, 11) is -2.46. The molecule has 0 radical (unpaired) electrons. The topological polar surface area (TPSA) is 27.7 Å². The van der Waals surface area contributed by atoms with Gasteiger partial charge in [0.05, 0.1) is 0 Å². The second kappa shape index (κ2) is 8.01. The molecule has 0 aliphatic carbocycles. The van der Waals surface area contributed by atoms with E-state index in [1.54, 1.807) is 0 Å². The van der Waals surface area contributed by atoms with E-state index in [9.17, 15) is 0 Å². The van der Waals surface area contributed by atoms with Crippen LogP contribution in [0, 0.1) is 12.3 Å². The second-order valence-electron chi connectivity index (χ2n) is 2.69. The maximum atomic E-state index is 5.61. The van der Waals surface area contributed by atoms with Gasteiger partial charge >= 0.3 is 8.80 Å². The summed E-state index contributed by atoms with van der Waals surface area (Å²) in [6.45, 7) is 7.64.